The van der Waals surface area contributed by atoms with Gasteiger partial charge in [0.15, 0.2) is 0 Å². The molecule has 1 saturated heterocycles. The highest BCUT2D eigenvalue weighted by Crippen LogP contribution is 2.33. The molecule has 2 nitrogen and oxygen atoms in total. The normalized spacial score (nSPS) is 23.1. The summed E-state index contributed by atoms with van der Waals surface area (Å²) in [5.41, 5.74) is 2.81. The van der Waals surface area contributed by atoms with Crippen LogP contribution in [0.3, 0.4) is 0 Å². The Kier molecular flexibility index (Phi) is 5.28. The van der Waals surface area contributed by atoms with Crippen LogP contribution in [-0.2, 0) is 6.54 Å². The van der Waals surface area contributed by atoms with Gasteiger partial charge in [-0.15, -0.1) is 0 Å². The van der Waals surface area contributed by atoms with Crippen LogP contribution in [0.1, 0.15) is 39.2 Å². The molecule has 0 saturated carbocycles. The van der Waals surface area contributed by atoms with Gasteiger partial charge >= 0.3 is 0 Å². The van der Waals surface area contributed by atoms with E-state index in [9.17, 15) is 0 Å². The monoisotopic (exact) mass is 324 g/mol. The van der Waals surface area contributed by atoms with Crippen molar-refractivity contribution in [3.05, 3.63) is 28.2 Å². The first-order chi connectivity index (χ1) is 9.11. The molecule has 3 heteroatoms. The molecule has 0 aliphatic carbocycles. The molecule has 2 rings (SSSR count). The number of halogens is 1. The van der Waals surface area contributed by atoms with Crippen molar-refractivity contribution in [3.63, 3.8) is 0 Å². The lowest BCUT2D eigenvalue weighted by atomic mass is 10.1. The Balaban J connectivity index is 2.19. The van der Waals surface area contributed by atoms with Gasteiger partial charge in [-0.3, -0.25) is 0 Å². The summed E-state index contributed by atoms with van der Waals surface area (Å²) in [5, 5.41) is 3.52. The van der Waals surface area contributed by atoms with Crippen molar-refractivity contribution in [2.75, 3.05) is 18.0 Å². The van der Waals surface area contributed by atoms with Crippen molar-refractivity contribution in [1.82, 2.24) is 5.32 Å². The molecular formula is C16H25BrN2. The Bertz CT molecular complexity index is 419. The highest BCUT2D eigenvalue weighted by Gasteiger charge is 2.27. The Hall–Kier alpha value is -0.540. The average Bonchev–Trinajstić information content (AvgIpc) is 2.70. The minimum absolute atomic E-state index is 0.647. The molecule has 1 aliphatic rings. The van der Waals surface area contributed by atoms with Crippen molar-refractivity contribution in [3.8, 4) is 0 Å². The van der Waals surface area contributed by atoms with Gasteiger partial charge in [0, 0.05) is 29.3 Å². The summed E-state index contributed by atoms with van der Waals surface area (Å²) in [6.07, 6.45) is 2.48. The fourth-order valence-corrected chi connectivity index (χ4v) is 3.34. The van der Waals surface area contributed by atoms with Gasteiger partial charge in [0.2, 0.25) is 0 Å². The Labute approximate surface area is 125 Å². The lowest BCUT2D eigenvalue weighted by Crippen LogP contribution is -2.28. The number of hydrogen-bond donors (Lipinski definition) is 1. The van der Waals surface area contributed by atoms with Crippen LogP contribution in [0.2, 0.25) is 0 Å². The van der Waals surface area contributed by atoms with Gasteiger partial charge in [0.05, 0.1) is 0 Å². The van der Waals surface area contributed by atoms with Gasteiger partial charge in [-0.25, -0.2) is 0 Å². The van der Waals surface area contributed by atoms with E-state index in [0.717, 1.165) is 19.0 Å². The zero-order chi connectivity index (χ0) is 13.8. The molecule has 0 bridgehead atoms. The lowest BCUT2D eigenvalue weighted by Gasteiger charge is -2.27. The summed E-state index contributed by atoms with van der Waals surface area (Å²) in [4.78, 5) is 2.57. The number of hydrogen-bond acceptors (Lipinski definition) is 2. The molecular weight excluding hydrogens is 300 g/mol. The number of anilines is 1. The molecule has 0 radical (unpaired) electrons. The zero-order valence-electron chi connectivity index (χ0n) is 12.2. The maximum atomic E-state index is 3.61. The van der Waals surface area contributed by atoms with E-state index in [1.165, 1.54) is 35.1 Å². The average molecular weight is 325 g/mol. The van der Waals surface area contributed by atoms with Gasteiger partial charge in [-0.2, -0.15) is 0 Å². The third kappa shape index (κ3) is 3.73. The fraction of sp³-hybridized carbons (Fsp3) is 0.625. The minimum Gasteiger partial charge on any atom is -0.368 e. The number of nitrogens with zero attached hydrogens (tertiary/aromatic N) is 1. The smallest absolute Gasteiger partial charge is 0.0425 e. The number of benzene rings is 1. The maximum absolute atomic E-state index is 3.61. The number of rotatable bonds is 5. The van der Waals surface area contributed by atoms with Crippen molar-refractivity contribution in [2.45, 2.75) is 46.2 Å². The molecule has 1 aliphatic heterocycles. The van der Waals surface area contributed by atoms with Crippen LogP contribution in [-0.4, -0.2) is 19.1 Å². The zero-order valence-corrected chi connectivity index (χ0v) is 13.8. The fourth-order valence-electron chi connectivity index (χ4n) is 2.99. The molecule has 1 aromatic carbocycles. The summed E-state index contributed by atoms with van der Waals surface area (Å²) < 4.78 is 1.17. The van der Waals surface area contributed by atoms with Crippen LogP contribution in [0.5, 0.6) is 0 Å². The Morgan fingerprint density at radius 2 is 2.16 bits per heavy atom. The van der Waals surface area contributed by atoms with Gasteiger partial charge < -0.3 is 10.2 Å². The van der Waals surface area contributed by atoms with Crippen LogP contribution in [0.15, 0.2) is 22.7 Å². The predicted octanol–water partition coefficient (Wildman–Crippen LogP) is 4.18. The maximum Gasteiger partial charge on any atom is 0.0425 e. The molecule has 1 N–H and O–H groups in total. The van der Waals surface area contributed by atoms with Crippen LogP contribution < -0.4 is 10.2 Å². The standard InChI is InChI=1S/C16H25BrN2/c1-4-7-18-10-14-5-6-15(17)9-16(14)19-11-12(2)8-13(19)3/h5-6,9,12-13,18H,4,7-8,10-11H2,1-3H3. The highest BCUT2D eigenvalue weighted by atomic mass is 79.9. The van der Waals surface area contributed by atoms with Crippen LogP contribution in [0.4, 0.5) is 5.69 Å². The molecule has 2 atom stereocenters. The predicted molar refractivity (Wildman–Crippen MR) is 86.7 cm³/mol. The van der Waals surface area contributed by atoms with Crippen molar-refractivity contribution in [1.29, 1.82) is 0 Å². The Morgan fingerprint density at radius 1 is 1.37 bits per heavy atom. The Morgan fingerprint density at radius 3 is 2.79 bits per heavy atom. The molecule has 19 heavy (non-hydrogen) atoms. The van der Waals surface area contributed by atoms with Crippen molar-refractivity contribution < 1.29 is 0 Å². The van der Waals surface area contributed by atoms with Gasteiger partial charge in [0.1, 0.15) is 0 Å². The van der Waals surface area contributed by atoms with Gasteiger partial charge in [0.25, 0.3) is 0 Å². The van der Waals surface area contributed by atoms with E-state index in [1.54, 1.807) is 0 Å². The van der Waals surface area contributed by atoms with E-state index in [-0.39, 0.29) is 0 Å². The summed E-state index contributed by atoms with van der Waals surface area (Å²) in [7, 11) is 0. The van der Waals surface area contributed by atoms with E-state index in [4.69, 9.17) is 0 Å². The molecule has 1 fully saturated rings. The molecule has 106 valence electrons. The quantitative estimate of drug-likeness (QED) is 0.817. The van der Waals surface area contributed by atoms with E-state index in [1.807, 2.05) is 0 Å². The van der Waals surface area contributed by atoms with Gasteiger partial charge in [-0.05, 0) is 49.9 Å². The first-order valence-electron chi connectivity index (χ1n) is 7.37. The summed E-state index contributed by atoms with van der Waals surface area (Å²) in [6, 6.07) is 7.32. The topological polar surface area (TPSA) is 15.3 Å². The first-order valence-corrected chi connectivity index (χ1v) is 8.17. The molecule has 0 spiro atoms. The SMILES string of the molecule is CCCNCc1ccc(Br)cc1N1CC(C)CC1C. The lowest BCUT2D eigenvalue weighted by molar-refractivity contribution is 0.625. The van der Waals surface area contributed by atoms with Crippen LogP contribution in [0, 0.1) is 5.92 Å². The highest BCUT2D eigenvalue weighted by molar-refractivity contribution is 9.10. The van der Waals surface area contributed by atoms with E-state index >= 15 is 0 Å². The van der Waals surface area contributed by atoms with E-state index in [2.05, 4.69) is 65.1 Å². The summed E-state index contributed by atoms with van der Waals surface area (Å²) in [6.45, 7) is 10.1. The van der Waals surface area contributed by atoms with Gasteiger partial charge in [-0.1, -0.05) is 35.8 Å². The molecule has 1 aromatic rings. The minimum atomic E-state index is 0.647. The second kappa shape index (κ2) is 6.76. The molecule has 2 unspecified atom stereocenters. The molecule has 0 amide bonds. The summed E-state index contributed by atoms with van der Waals surface area (Å²) in [5.74, 6) is 0.797. The van der Waals surface area contributed by atoms with Crippen LogP contribution >= 0.6 is 15.9 Å². The first kappa shape index (κ1) is 14.9. The number of nitrogens with one attached hydrogen (secondary N) is 1. The van der Waals surface area contributed by atoms with Crippen LogP contribution in [0.25, 0.3) is 0 Å². The second-order valence-electron chi connectivity index (χ2n) is 5.79. The third-order valence-corrected chi connectivity index (χ3v) is 4.38. The second-order valence-corrected chi connectivity index (χ2v) is 6.71. The van der Waals surface area contributed by atoms with Crippen molar-refractivity contribution >= 4 is 21.6 Å². The van der Waals surface area contributed by atoms with E-state index < -0.39 is 0 Å². The van der Waals surface area contributed by atoms with Crippen molar-refractivity contribution in [2.24, 2.45) is 5.92 Å². The molecule has 0 aromatic heterocycles. The molecule has 1 heterocycles. The van der Waals surface area contributed by atoms with E-state index in [0.29, 0.717) is 6.04 Å². The third-order valence-electron chi connectivity index (χ3n) is 3.88. The summed E-state index contributed by atoms with van der Waals surface area (Å²) >= 11 is 3.61. The largest absolute Gasteiger partial charge is 0.368 e.